The number of imidazole rings is 1. The number of methoxy groups -OCH3 is 1. The van der Waals surface area contributed by atoms with Crippen LogP contribution in [0, 0.1) is 0 Å². The first-order chi connectivity index (χ1) is 10.3. The van der Waals surface area contributed by atoms with Crippen LogP contribution in [0.3, 0.4) is 0 Å². The molecule has 0 unspecified atom stereocenters. The molecule has 108 valence electrons. The number of benzene rings is 1. The van der Waals surface area contributed by atoms with Gasteiger partial charge in [0.25, 0.3) is 0 Å². The first-order valence-electron chi connectivity index (χ1n) is 6.73. The zero-order chi connectivity index (χ0) is 14.7. The van der Waals surface area contributed by atoms with E-state index < -0.39 is 0 Å². The van der Waals surface area contributed by atoms with E-state index in [-0.39, 0.29) is 0 Å². The highest BCUT2D eigenvalue weighted by molar-refractivity contribution is 5.64. The molecule has 0 saturated heterocycles. The van der Waals surface area contributed by atoms with Gasteiger partial charge < -0.3 is 20.2 Å². The Morgan fingerprint density at radius 3 is 3.05 bits per heavy atom. The van der Waals surface area contributed by atoms with E-state index in [9.17, 15) is 0 Å². The molecule has 3 rings (SSSR count). The number of rotatable bonds is 5. The predicted octanol–water partition coefficient (Wildman–Crippen LogP) is 1.97. The lowest BCUT2D eigenvalue weighted by atomic mass is 10.1. The van der Waals surface area contributed by atoms with Crippen LogP contribution >= 0.6 is 0 Å². The molecule has 2 aromatic heterocycles. The number of aromatic nitrogens is 3. The fourth-order valence-electron chi connectivity index (χ4n) is 2.29. The number of fused-ring (bicyclic) bond motifs is 1. The van der Waals surface area contributed by atoms with Crippen LogP contribution in [0.4, 0.5) is 11.6 Å². The predicted molar refractivity (Wildman–Crippen MR) is 82.6 cm³/mol. The van der Waals surface area contributed by atoms with Gasteiger partial charge in [-0.2, -0.15) is 0 Å². The third kappa shape index (κ3) is 2.74. The number of nitrogens with two attached hydrogens (primary N) is 1. The molecule has 0 atom stereocenters. The van der Waals surface area contributed by atoms with E-state index in [2.05, 4.69) is 21.4 Å². The lowest BCUT2D eigenvalue weighted by Gasteiger charge is -2.10. The monoisotopic (exact) mass is 283 g/mol. The normalized spacial score (nSPS) is 10.7. The molecule has 0 fully saturated rings. The average Bonchev–Trinajstić information content (AvgIpc) is 2.96. The number of nitrogens with one attached hydrogen (secondary N) is 1. The summed E-state index contributed by atoms with van der Waals surface area (Å²) in [5.41, 5.74) is 7.71. The smallest absolute Gasteiger partial charge is 0.180 e. The van der Waals surface area contributed by atoms with E-state index >= 15 is 0 Å². The molecule has 0 radical (unpaired) electrons. The Morgan fingerprint density at radius 2 is 2.19 bits per heavy atom. The maximum absolute atomic E-state index is 5.79. The average molecular weight is 283 g/mol. The summed E-state index contributed by atoms with van der Waals surface area (Å²) in [7, 11) is 1.68. The number of ether oxygens (including phenoxy) is 1. The van der Waals surface area contributed by atoms with E-state index in [4.69, 9.17) is 10.5 Å². The van der Waals surface area contributed by atoms with Crippen LogP contribution in [0.5, 0.6) is 5.75 Å². The second-order valence-corrected chi connectivity index (χ2v) is 4.66. The Hall–Kier alpha value is -2.76. The van der Waals surface area contributed by atoms with Crippen molar-refractivity contribution < 1.29 is 4.74 Å². The Balaban J connectivity index is 1.73. The summed E-state index contributed by atoms with van der Waals surface area (Å²) in [6.07, 6.45) is 6.14. The van der Waals surface area contributed by atoms with Gasteiger partial charge in [0.05, 0.1) is 13.3 Å². The van der Waals surface area contributed by atoms with Gasteiger partial charge >= 0.3 is 0 Å². The zero-order valence-corrected chi connectivity index (χ0v) is 11.8. The number of anilines is 2. The van der Waals surface area contributed by atoms with E-state index in [1.54, 1.807) is 19.5 Å². The molecule has 0 spiro atoms. The highest BCUT2D eigenvalue weighted by Crippen LogP contribution is 2.19. The fraction of sp³-hybridized carbons (Fsp3) is 0.200. The molecule has 6 heteroatoms. The second kappa shape index (κ2) is 5.70. The van der Waals surface area contributed by atoms with Crippen LogP contribution in [0.2, 0.25) is 0 Å². The maximum atomic E-state index is 5.79. The topological polar surface area (TPSA) is 77.5 Å². The van der Waals surface area contributed by atoms with Gasteiger partial charge in [-0.25, -0.2) is 9.97 Å². The minimum absolute atomic E-state index is 0.459. The molecule has 0 aliphatic carbocycles. The van der Waals surface area contributed by atoms with E-state index in [0.29, 0.717) is 11.6 Å². The van der Waals surface area contributed by atoms with E-state index in [1.165, 1.54) is 0 Å². The molecular weight excluding hydrogens is 266 g/mol. The molecule has 0 amide bonds. The molecule has 0 aliphatic heterocycles. The van der Waals surface area contributed by atoms with Crippen LogP contribution in [0.25, 0.3) is 5.65 Å². The SMILES string of the molecule is COc1ccccc1CCNc1nc(N)cn2ccnc12. The van der Waals surface area contributed by atoms with Crippen molar-refractivity contribution in [3.8, 4) is 5.75 Å². The summed E-state index contributed by atoms with van der Waals surface area (Å²) < 4.78 is 7.20. The molecule has 0 saturated carbocycles. The molecule has 21 heavy (non-hydrogen) atoms. The molecule has 1 aromatic carbocycles. The van der Waals surface area contributed by atoms with Gasteiger partial charge in [0.15, 0.2) is 11.5 Å². The van der Waals surface area contributed by atoms with Crippen molar-refractivity contribution in [2.24, 2.45) is 0 Å². The largest absolute Gasteiger partial charge is 0.496 e. The summed E-state index contributed by atoms with van der Waals surface area (Å²) in [4.78, 5) is 8.58. The highest BCUT2D eigenvalue weighted by atomic mass is 16.5. The molecule has 3 N–H and O–H groups in total. The van der Waals surface area contributed by atoms with Gasteiger partial charge in [-0.3, -0.25) is 0 Å². The molecule has 3 aromatic rings. The van der Waals surface area contributed by atoms with Crippen LogP contribution < -0.4 is 15.8 Å². The summed E-state index contributed by atoms with van der Waals surface area (Å²) in [5.74, 6) is 2.04. The second-order valence-electron chi connectivity index (χ2n) is 4.66. The molecule has 6 nitrogen and oxygen atoms in total. The quantitative estimate of drug-likeness (QED) is 0.748. The number of nitrogens with zero attached hydrogens (tertiary/aromatic N) is 3. The molecule has 0 aliphatic rings. The first kappa shape index (κ1) is 13.2. The molecule has 2 heterocycles. The fourth-order valence-corrected chi connectivity index (χ4v) is 2.29. The van der Waals surface area contributed by atoms with Crippen LogP contribution in [-0.4, -0.2) is 28.0 Å². The van der Waals surface area contributed by atoms with Crippen molar-refractivity contribution in [2.45, 2.75) is 6.42 Å². The minimum atomic E-state index is 0.459. The Morgan fingerprint density at radius 1 is 1.33 bits per heavy atom. The summed E-state index contributed by atoms with van der Waals surface area (Å²) >= 11 is 0. The highest BCUT2D eigenvalue weighted by Gasteiger charge is 2.06. The lowest BCUT2D eigenvalue weighted by Crippen LogP contribution is -2.09. The van der Waals surface area contributed by atoms with Crippen LogP contribution in [-0.2, 0) is 6.42 Å². The van der Waals surface area contributed by atoms with Crippen LogP contribution in [0.1, 0.15) is 5.56 Å². The van der Waals surface area contributed by atoms with Gasteiger partial charge in [0.1, 0.15) is 11.6 Å². The maximum Gasteiger partial charge on any atom is 0.180 e. The van der Waals surface area contributed by atoms with Gasteiger partial charge in [-0.1, -0.05) is 18.2 Å². The van der Waals surface area contributed by atoms with Crippen molar-refractivity contribution in [3.05, 3.63) is 48.4 Å². The Labute approximate surface area is 122 Å². The summed E-state index contributed by atoms with van der Waals surface area (Å²) in [6, 6.07) is 7.98. The third-order valence-corrected chi connectivity index (χ3v) is 3.27. The van der Waals surface area contributed by atoms with Crippen molar-refractivity contribution >= 4 is 17.3 Å². The standard InChI is InChI=1S/C15H17N5O/c1-21-12-5-3-2-4-11(12)6-7-17-14-15-18-8-9-20(15)10-13(16)19-14/h2-5,8-10H,6-7,16H2,1H3,(H,17,19). The molecule has 0 bridgehead atoms. The van der Waals surface area contributed by atoms with E-state index in [0.717, 1.165) is 29.9 Å². The minimum Gasteiger partial charge on any atom is -0.496 e. The summed E-state index contributed by atoms with van der Waals surface area (Å²) in [5, 5.41) is 3.28. The molecular formula is C15H17N5O. The lowest BCUT2D eigenvalue weighted by molar-refractivity contribution is 0.410. The number of hydrogen-bond donors (Lipinski definition) is 2. The first-order valence-corrected chi connectivity index (χ1v) is 6.73. The Bertz CT molecular complexity index is 753. The van der Waals surface area contributed by atoms with Crippen molar-refractivity contribution in [1.29, 1.82) is 0 Å². The van der Waals surface area contributed by atoms with Gasteiger partial charge in [0.2, 0.25) is 0 Å². The van der Waals surface area contributed by atoms with E-state index in [1.807, 2.05) is 28.8 Å². The number of nitrogen functional groups attached to an aromatic ring is 1. The third-order valence-electron chi connectivity index (χ3n) is 3.27. The van der Waals surface area contributed by atoms with Gasteiger partial charge in [-0.15, -0.1) is 0 Å². The van der Waals surface area contributed by atoms with Gasteiger partial charge in [0, 0.05) is 18.9 Å². The van der Waals surface area contributed by atoms with Gasteiger partial charge in [-0.05, 0) is 18.1 Å². The van der Waals surface area contributed by atoms with Crippen molar-refractivity contribution in [1.82, 2.24) is 14.4 Å². The van der Waals surface area contributed by atoms with Crippen molar-refractivity contribution in [2.75, 3.05) is 24.7 Å². The Kier molecular flexibility index (Phi) is 3.59. The summed E-state index contributed by atoms with van der Waals surface area (Å²) in [6.45, 7) is 0.722. The van der Waals surface area contributed by atoms with Crippen LogP contribution in [0.15, 0.2) is 42.9 Å². The zero-order valence-electron chi connectivity index (χ0n) is 11.8. The van der Waals surface area contributed by atoms with Crippen molar-refractivity contribution in [3.63, 3.8) is 0 Å². The number of hydrogen-bond acceptors (Lipinski definition) is 5. The number of para-hydroxylation sites is 1.